The molecule has 17 heteroatoms. The smallest absolute Gasteiger partial charge is 0.164 e. The highest BCUT2D eigenvalue weighted by atomic mass is 19.1. The number of hydrogen-bond acceptors (Lipinski definition) is 13. The Labute approximate surface area is 651 Å². The van der Waals surface area contributed by atoms with Crippen molar-refractivity contribution in [1.82, 2.24) is 68.9 Å². The van der Waals surface area contributed by atoms with Crippen LogP contribution in [-0.2, 0) is 0 Å². The number of fused-ring (bicyclic) bond motifs is 6. The van der Waals surface area contributed by atoms with Crippen molar-refractivity contribution < 1.29 is 8.78 Å². The molecule has 534 valence electrons. The molecule has 0 spiro atoms. The molecule has 0 radical (unpaired) electrons. The Hall–Kier alpha value is -15.9. The lowest BCUT2D eigenvalue weighted by Gasteiger charge is -2.20. The zero-order valence-corrected chi connectivity index (χ0v) is 60.4. The molecule has 6 heterocycles. The van der Waals surface area contributed by atoms with Crippen LogP contribution in [0.3, 0.4) is 0 Å². The Bertz CT molecular complexity index is 6560. The van der Waals surface area contributed by atoms with Gasteiger partial charge in [0.1, 0.15) is 23.3 Å². The first kappa shape index (κ1) is 67.4. The third-order valence-corrected chi connectivity index (χ3v) is 20.3. The number of benzene rings is 14. The third kappa shape index (κ3) is 12.5. The van der Waals surface area contributed by atoms with Crippen molar-refractivity contribution in [2.45, 2.75) is 0 Å². The first-order valence-corrected chi connectivity index (χ1v) is 36.9. The van der Waals surface area contributed by atoms with Gasteiger partial charge < -0.3 is 9.13 Å². The van der Waals surface area contributed by atoms with E-state index in [1.807, 2.05) is 320 Å². The van der Waals surface area contributed by atoms with E-state index in [1.54, 1.807) is 0 Å². The van der Waals surface area contributed by atoms with Crippen molar-refractivity contribution in [3.63, 3.8) is 0 Å². The molecule has 0 aliphatic rings. The highest BCUT2D eigenvalue weighted by Gasteiger charge is 2.28. The minimum absolute atomic E-state index is 0.168. The van der Waals surface area contributed by atoms with Crippen molar-refractivity contribution >= 4 is 43.6 Å². The van der Waals surface area contributed by atoms with Gasteiger partial charge in [0, 0.05) is 99.9 Å². The van der Waals surface area contributed by atoms with Gasteiger partial charge in [0.05, 0.1) is 33.4 Å². The standard InChI is InChI=1S/C97H57F2N15/c98-72-51-71(52-73(99)57-72)74-45-50-84(113-80-46-41-67(94-105-86(59-25-9-1-10-26-59)101-87(106-94)60-27-11-2-12-28-60)53-75(80)76-54-68(42-47-81(76)113)95-107-88(61-29-13-3-14-30-61)102-89(108-95)62-31-15-4-16-32-62)79(58-100)85(74)114-82-48-43-69(96-109-90(63-33-17-5-18-34-63)103-91(110-96)64-35-19-6-20-36-64)55-77(82)78-56-70(44-49-83(78)114)97-111-92(65-37-21-7-22-38-65)104-93(112-97)66-39-23-8-24-40-66/h1-57H. The van der Waals surface area contributed by atoms with Crippen molar-refractivity contribution in [2.75, 3.05) is 0 Å². The second-order valence-corrected chi connectivity index (χ2v) is 27.4. The predicted octanol–water partition coefficient (Wildman–Crippen LogP) is 22.4. The molecule has 0 aliphatic heterocycles. The lowest BCUT2D eigenvalue weighted by atomic mass is 9.97. The fourth-order valence-electron chi connectivity index (χ4n) is 14.9. The summed E-state index contributed by atoms with van der Waals surface area (Å²) in [7, 11) is 0. The highest BCUT2D eigenvalue weighted by molar-refractivity contribution is 6.14. The number of rotatable bonds is 15. The first-order valence-electron chi connectivity index (χ1n) is 36.9. The normalized spacial score (nSPS) is 11.4. The first-order chi connectivity index (χ1) is 56.2. The Kier molecular flexibility index (Phi) is 16.9. The molecule has 114 heavy (non-hydrogen) atoms. The van der Waals surface area contributed by atoms with Gasteiger partial charge >= 0.3 is 0 Å². The van der Waals surface area contributed by atoms with Crippen LogP contribution in [0.15, 0.2) is 346 Å². The van der Waals surface area contributed by atoms with E-state index in [-0.39, 0.29) is 11.1 Å². The van der Waals surface area contributed by atoms with Crippen LogP contribution in [0.5, 0.6) is 0 Å². The Morgan fingerprint density at radius 1 is 0.211 bits per heavy atom. The molecule has 0 fully saturated rings. The average molecular weight is 1470 g/mol. The molecule has 0 saturated carbocycles. The summed E-state index contributed by atoms with van der Waals surface area (Å²) in [4.78, 5) is 61.7. The van der Waals surface area contributed by atoms with E-state index in [1.165, 1.54) is 12.1 Å². The summed E-state index contributed by atoms with van der Waals surface area (Å²) in [6.07, 6.45) is 0. The maximum atomic E-state index is 16.3. The van der Waals surface area contributed by atoms with Gasteiger partial charge in [-0.25, -0.2) is 68.6 Å². The summed E-state index contributed by atoms with van der Waals surface area (Å²) in [6.45, 7) is 0. The van der Waals surface area contributed by atoms with Crippen molar-refractivity contribution in [3.8, 4) is 165 Å². The Morgan fingerprint density at radius 3 is 0.658 bits per heavy atom. The molecule has 0 unspecified atom stereocenters. The van der Waals surface area contributed by atoms with Gasteiger partial charge in [0.2, 0.25) is 0 Å². The van der Waals surface area contributed by atoms with Crippen LogP contribution in [-0.4, -0.2) is 68.9 Å². The van der Waals surface area contributed by atoms with E-state index in [2.05, 4.69) is 22.8 Å². The van der Waals surface area contributed by atoms with E-state index >= 15 is 8.78 Å². The molecule has 0 aliphatic carbocycles. The van der Waals surface area contributed by atoms with E-state index in [9.17, 15) is 5.26 Å². The molecular formula is C97H57F2N15. The van der Waals surface area contributed by atoms with Gasteiger partial charge in [-0.1, -0.05) is 249 Å². The molecule has 14 aromatic carbocycles. The minimum Gasteiger partial charge on any atom is -0.308 e. The van der Waals surface area contributed by atoms with Crippen LogP contribution in [0.1, 0.15) is 5.56 Å². The zero-order valence-electron chi connectivity index (χ0n) is 60.4. The number of aromatic nitrogens is 14. The molecule has 0 N–H and O–H groups in total. The SMILES string of the molecule is N#Cc1c(-n2c3ccc(-c4nc(-c5ccccc5)nc(-c5ccccc5)n4)cc3c3cc(-c4nc(-c5ccccc5)nc(-c5ccccc5)n4)ccc32)ccc(-c2cc(F)cc(F)c2)c1-n1c2ccc(-c3nc(-c4ccccc4)nc(-c4ccccc4)n3)cc2c2cc(-c3nc(-c4ccccc4)nc(-c4ccccc4)n3)ccc21. The predicted molar refractivity (Wildman–Crippen MR) is 444 cm³/mol. The molecule has 0 atom stereocenters. The fraction of sp³-hybridized carbons (Fsp3) is 0. The number of halogens is 2. The van der Waals surface area contributed by atoms with Gasteiger partial charge in [0.25, 0.3) is 0 Å². The lowest BCUT2D eigenvalue weighted by molar-refractivity contribution is 0.584. The van der Waals surface area contributed by atoms with Gasteiger partial charge in [-0.3, -0.25) is 0 Å². The quantitative estimate of drug-likeness (QED) is 0.0944. The second-order valence-electron chi connectivity index (χ2n) is 27.4. The molecule has 0 bridgehead atoms. The number of nitriles is 1. The molecular weight excluding hydrogens is 1410 g/mol. The van der Waals surface area contributed by atoms with Crippen LogP contribution in [0, 0.1) is 23.0 Å². The molecule has 20 rings (SSSR count). The monoisotopic (exact) mass is 1470 g/mol. The maximum Gasteiger partial charge on any atom is 0.164 e. The summed E-state index contributed by atoms with van der Waals surface area (Å²) in [5.41, 5.74) is 13.3. The summed E-state index contributed by atoms with van der Waals surface area (Å²) < 4.78 is 36.6. The van der Waals surface area contributed by atoms with Gasteiger partial charge in [-0.15, -0.1) is 0 Å². The molecule has 0 amide bonds. The van der Waals surface area contributed by atoms with Gasteiger partial charge in [-0.05, 0) is 96.6 Å². The largest absolute Gasteiger partial charge is 0.308 e. The summed E-state index contributed by atoms with van der Waals surface area (Å²) >= 11 is 0. The van der Waals surface area contributed by atoms with E-state index < -0.39 is 11.6 Å². The molecule has 0 saturated heterocycles. The zero-order chi connectivity index (χ0) is 76.2. The van der Waals surface area contributed by atoms with Crippen LogP contribution in [0.2, 0.25) is 0 Å². The number of nitrogens with zero attached hydrogens (tertiary/aromatic N) is 15. The van der Waals surface area contributed by atoms with Crippen LogP contribution in [0.4, 0.5) is 8.78 Å². The summed E-state index contributed by atoms with van der Waals surface area (Å²) in [5.74, 6) is 3.91. The highest BCUT2D eigenvalue weighted by Crippen LogP contribution is 2.46. The fourth-order valence-corrected chi connectivity index (χ4v) is 14.9. The van der Waals surface area contributed by atoms with E-state index in [4.69, 9.17) is 59.8 Å². The van der Waals surface area contributed by atoms with E-state index in [0.29, 0.717) is 142 Å². The van der Waals surface area contributed by atoms with Crippen molar-refractivity contribution in [3.05, 3.63) is 363 Å². The topological polar surface area (TPSA) is 188 Å². The van der Waals surface area contributed by atoms with Crippen molar-refractivity contribution in [2.24, 2.45) is 0 Å². The molecule has 20 aromatic rings. The van der Waals surface area contributed by atoms with Gasteiger partial charge in [-0.2, -0.15) is 5.26 Å². The van der Waals surface area contributed by atoms with Crippen LogP contribution in [0.25, 0.3) is 203 Å². The summed E-state index contributed by atoms with van der Waals surface area (Å²) in [5, 5.41) is 15.5. The van der Waals surface area contributed by atoms with Gasteiger partial charge in [0.15, 0.2) is 69.9 Å². The van der Waals surface area contributed by atoms with E-state index in [0.717, 1.165) is 61.3 Å². The minimum atomic E-state index is -0.803. The lowest BCUT2D eigenvalue weighted by Crippen LogP contribution is -2.07. The summed E-state index contributed by atoms with van der Waals surface area (Å²) in [6, 6.07) is 112. The Morgan fingerprint density at radius 2 is 0.430 bits per heavy atom. The maximum absolute atomic E-state index is 16.3. The van der Waals surface area contributed by atoms with Crippen LogP contribution < -0.4 is 0 Å². The molecule has 6 aromatic heterocycles. The van der Waals surface area contributed by atoms with Crippen LogP contribution >= 0.6 is 0 Å². The molecule has 15 nitrogen and oxygen atoms in total. The third-order valence-electron chi connectivity index (χ3n) is 20.3. The number of hydrogen-bond donors (Lipinski definition) is 0. The average Bonchev–Trinajstić information content (AvgIpc) is 1.55. The second kappa shape index (κ2) is 28.6. The van der Waals surface area contributed by atoms with Crippen molar-refractivity contribution in [1.29, 1.82) is 5.26 Å². The Balaban J connectivity index is 0.858.